The standard InChI is InChI=1S/C41H64O19/c1-39-8-5-19(12-18(39)3-4-22-21(39)6-9-40(2)20(7-10-41(22,40)53)17-11-26(43)54-14-17)57-38-35(52)32(49)29(46)25(60-38)16-56-37-34(51)31(48)28(45)24(59-37)15-55-36-33(50)30(47)27(44)23(13-42)58-36/h11,18-25,27-38,42,44-53H,3-10,12-16H2,1-2H3/t18-,19+,20-,21+,22-,23-,24-,25-,27-,28-,29-,30+,31+,32+,33-,34-,35-,36-,37-,38-,39+,40-,41+/m1/s1. The summed E-state index contributed by atoms with van der Waals surface area (Å²) in [5, 5.41) is 117. The van der Waals surface area contributed by atoms with Gasteiger partial charge in [-0.25, -0.2) is 4.79 Å². The summed E-state index contributed by atoms with van der Waals surface area (Å²) in [4.78, 5) is 11.9. The van der Waals surface area contributed by atoms with Crippen LogP contribution in [0.5, 0.6) is 0 Å². The molecule has 0 spiro atoms. The summed E-state index contributed by atoms with van der Waals surface area (Å²) < 4.78 is 39.8. The molecule has 8 rings (SSSR count). The lowest BCUT2D eigenvalue weighted by molar-refractivity contribution is -0.346. The number of esters is 1. The molecule has 11 N–H and O–H groups in total. The van der Waals surface area contributed by atoms with E-state index in [0.717, 1.165) is 44.1 Å². The van der Waals surface area contributed by atoms with Gasteiger partial charge >= 0.3 is 5.97 Å². The molecular formula is C41H64O19. The van der Waals surface area contributed by atoms with Gasteiger partial charge in [0, 0.05) is 11.5 Å². The molecule has 0 aromatic heterocycles. The third-order valence-electron chi connectivity index (χ3n) is 16.3. The third kappa shape index (κ3) is 7.59. The van der Waals surface area contributed by atoms with Crippen molar-refractivity contribution in [2.45, 2.75) is 175 Å². The Kier molecular flexibility index (Phi) is 12.9. The summed E-state index contributed by atoms with van der Waals surface area (Å²) >= 11 is 0. The molecule has 4 aliphatic carbocycles. The van der Waals surface area contributed by atoms with E-state index in [1.54, 1.807) is 6.08 Å². The number of carbonyl (C=O) groups is 1. The van der Waals surface area contributed by atoms with Crippen LogP contribution in [0, 0.1) is 34.5 Å². The number of hydrogen-bond acceptors (Lipinski definition) is 19. The van der Waals surface area contributed by atoms with E-state index >= 15 is 0 Å². The molecule has 7 fully saturated rings. The van der Waals surface area contributed by atoms with Crippen LogP contribution in [0.2, 0.25) is 0 Å². The van der Waals surface area contributed by atoms with Gasteiger partial charge in [0.15, 0.2) is 18.9 Å². The summed E-state index contributed by atoms with van der Waals surface area (Å²) in [5.41, 5.74) is -0.244. The van der Waals surface area contributed by atoms with Crippen LogP contribution >= 0.6 is 0 Å². The van der Waals surface area contributed by atoms with Gasteiger partial charge in [-0.3, -0.25) is 0 Å². The molecule has 4 heterocycles. The highest BCUT2D eigenvalue weighted by atomic mass is 16.7. The fraction of sp³-hybridized carbons (Fsp3) is 0.927. The predicted molar refractivity (Wildman–Crippen MR) is 200 cm³/mol. The number of cyclic esters (lactones) is 1. The molecule has 342 valence electrons. The monoisotopic (exact) mass is 860 g/mol. The molecule has 19 heteroatoms. The van der Waals surface area contributed by atoms with Crippen molar-refractivity contribution in [1.29, 1.82) is 0 Å². The fourth-order valence-electron chi connectivity index (χ4n) is 12.6. The Balaban J connectivity index is 0.864. The van der Waals surface area contributed by atoms with E-state index in [1.807, 2.05) is 0 Å². The topological polar surface area (TPSA) is 304 Å². The molecule has 23 atom stereocenters. The minimum Gasteiger partial charge on any atom is -0.458 e. The highest BCUT2D eigenvalue weighted by Gasteiger charge is 2.68. The Morgan fingerprint density at radius 2 is 1.22 bits per heavy atom. The van der Waals surface area contributed by atoms with Gasteiger partial charge in [0.2, 0.25) is 0 Å². The maximum atomic E-state index is 12.6. The fourth-order valence-corrected chi connectivity index (χ4v) is 12.6. The molecule has 4 saturated carbocycles. The molecule has 0 aromatic carbocycles. The number of aliphatic hydroxyl groups excluding tert-OH is 10. The zero-order valence-corrected chi connectivity index (χ0v) is 34.0. The average molecular weight is 861 g/mol. The second-order valence-electron chi connectivity index (χ2n) is 19.2. The zero-order chi connectivity index (χ0) is 43.1. The maximum Gasteiger partial charge on any atom is 0.331 e. The summed E-state index contributed by atoms with van der Waals surface area (Å²) in [7, 11) is 0. The Bertz CT molecular complexity index is 1570. The van der Waals surface area contributed by atoms with Crippen LogP contribution in [0.4, 0.5) is 0 Å². The number of rotatable bonds is 10. The van der Waals surface area contributed by atoms with E-state index in [1.165, 1.54) is 0 Å². The second kappa shape index (κ2) is 17.2. The minimum atomic E-state index is -1.81. The van der Waals surface area contributed by atoms with Crippen LogP contribution < -0.4 is 0 Å². The smallest absolute Gasteiger partial charge is 0.331 e. The first-order chi connectivity index (χ1) is 28.4. The second-order valence-corrected chi connectivity index (χ2v) is 19.2. The minimum absolute atomic E-state index is 0.0571. The Morgan fingerprint density at radius 3 is 1.80 bits per heavy atom. The lowest BCUT2D eigenvalue weighted by Gasteiger charge is -2.64. The van der Waals surface area contributed by atoms with Crippen LogP contribution in [-0.4, -0.2) is 192 Å². The number of aliphatic hydroxyl groups is 11. The number of fused-ring (bicyclic) bond motifs is 5. The van der Waals surface area contributed by atoms with E-state index in [0.29, 0.717) is 31.8 Å². The van der Waals surface area contributed by atoms with Crippen molar-refractivity contribution in [1.82, 2.24) is 0 Å². The predicted octanol–water partition coefficient (Wildman–Crippen LogP) is -2.92. The molecule has 0 aromatic rings. The largest absolute Gasteiger partial charge is 0.458 e. The van der Waals surface area contributed by atoms with Crippen molar-refractivity contribution >= 4 is 5.97 Å². The van der Waals surface area contributed by atoms with Crippen LogP contribution in [0.1, 0.15) is 71.6 Å². The molecule has 0 radical (unpaired) electrons. The molecule has 0 bridgehead atoms. The van der Waals surface area contributed by atoms with Crippen molar-refractivity contribution in [2.24, 2.45) is 34.5 Å². The summed E-state index contributed by atoms with van der Waals surface area (Å²) in [6.07, 6.45) is -15.3. The van der Waals surface area contributed by atoms with Crippen molar-refractivity contribution < 1.29 is 94.1 Å². The normalized spacial score (nSPS) is 54.4. The lowest BCUT2D eigenvalue weighted by atomic mass is 9.43. The van der Waals surface area contributed by atoms with Crippen LogP contribution in [0.25, 0.3) is 0 Å². The Labute approximate surface area is 347 Å². The van der Waals surface area contributed by atoms with E-state index < -0.39 is 118 Å². The lowest BCUT2D eigenvalue weighted by Crippen LogP contribution is -2.63. The first-order valence-corrected chi connectivity index (χ1v) is 21.6. The van der Waals surface area contributed by atoms with Gasteiger partial charge in [0.05, 0.1) is 31.5 Å². The van der Waals surface area contributed by atoms with Crippen molar-refractivity contribution in [2.75, 3.05) is 26.4 Å². The molecule has 0 unspecified atom stereocenters. The quantitative estimate of drug-likeness (QED) is 0.0775. The Hall–Kier alpha value is -1.47. The zero-order valence-electron chi connectivity index (χ0n) is 34.0. The van der Waals surface area contributed by atoms with Gasteiger partial charge < -0.3 is 89.3 Å². The molecule has 19 nitrogen and oxygen atoms in total. The van der Waals surface area contributed by atoms with Crippen molar-refractivity contribution in [3.05, 3.63) is 11.6 Å². The average Bonchev–Trinajstić information content (AvgIpc) is 3.78. The van der Waals surface area contributed by atoms with Crippen molar-refractivity contribution in [3.8, 4) is 0 Å². The van der Waals surface area contributed by atoms with Gasteiger partial charge in [-0.15, -0.1) is 0 Å². The molecule has 3 saturated heterocycles. The summed E-state index contributed by atoms with van der Waals surface area (Å²) in [6, 6.07) is 0. The summed E-state index contributed by atoms with van der Waals surface area (Å²) in [6.45, 7) is 3.04. The van der Waals surface area contributed by atoms with E-state index in [4.69, 9.17) is 33.2 Å². The van der Waals surface area contributed by atoms with Gasteiger partial charge in [0.1, 0.15) is 79.9 Å². The van der Waals surface area contributed by atoms with Gasteiger partial charge in [0.25, 0.3) is 0 Å². The third-order valence-corrected chi connectivity index (χ3v) is 16.3. The first kappa shape index (κ1) is 45.1. The van der Waals surface area contributed by atoms with E-state index in [9.17, 15) is 61.0 Å². The summed E-state index contributed by atoms with van der Waals surface area (Å²) in [5.74, 6) is 0.499. The highest BCUT2D eigenvalue weighted by Crippen LogP contribution is 2.70. The SMILES string of the molecule is C[C@]12CC[C@H](O[C@@H]3O[C@H](CO[C@@H]4O[C@H](CO[C@@H]5O[C@H](CO)[C@@H](O)[C@H](O)[C@H]5O)[C@@H](O)[C@H](O)[C@H]4O)[C@@H](O)[C@H](O)[C@H]3O)C[C@H]1CC[C@@H]1[C@@H]2CC[C@]2(C)[C@@H](C3=CC(=O)OC3)CC[C@]12O. The van der Waals surface area contributed by atoms with E-state index in [2.05, 4.69) is 13.8 Å². The molecule has 0 amide bonds. The molecule has 4 aliphatic heterocycles. The first-order valence-electron chi connectivity index (χ1n) is 21.6. The Morgan fingerprint density at radius 1 is 0.650 bits per heavy atom. The van der Waals surface area contributed by atoms with Gasteiger partial charge in [-0.2, -0.15) is 0 Å². The van der Waals surface area contributed by atoms with Gasteiger partial charge in [-0.05, 0) is 92.4 Å². The van der Waals surface area contributed by atoms with Gasteiger partial charge in [-0.1, -0.05) is 13.8 Å². The molecular weight excluding hydrogens is 796 g/mol. The number of ether oxygens (including phenoxy) is 7. The van der Waals surface area contributed by atoms with E-state index in [-0.39, 0.29) is 40.7 Å². The maximum absolute atomic E-state index is 12.6. The van der Waals surface area contributed by atoms with Crippen LogP contribution in [0.3, 0.4) is 0 Å². The molecule has 8 aliphatic rings. The number of carbonyl (C=O) groups excluding carboxylic acids is 1. The van der Waals surface area contributed by atoms with Crippen LogP contribution in [0.15, 0.2) is 11.6 Å². The van der Waals surface area contributed by atoms with Crippen molar-refractivity contribution in [3.63, 3.8) is 0 Å². The number of hydrogen-bond donors (Lipinski definition) is 11. The van der Waals surface area contributed by atoms with Crippen LogP contribution in [-0.2, 0) is 38.0 Å². The highest BCUT2D eigenvalue weighted by molar-refractivity contribution is 5.85. The molecule has 60 heavy (non-hydrogen) atoms.